The fourth-order valence-corrected chi connectivity index (χ4v) is 1.87. The monoisotopic (exact) mass is 187 g/mol. The number of aromatic nitrogens is 1. The van der Waals surface area contributed by atoms with Gasteiger partial charge in [-0.25, -0.2) is 0 Å². The summed E-state index contributed by atoms with van der Waals surface area (Å²) >= 11 is 0. The molecule has 14 heavy (non-hydrogen) atoms. The van der Waals surface area contributed by atoms with Crippen LogP contribution in [0.25, 0.3) is 10.9 Å². The van der Waals surface area contributed by atoms with Gasteiger partial charge in [0.25, 0.3) is 0 Å². The number of aryl methyl sites for hydroxylation is 1. The van der Waals surface area contributed by atoms with Crippen molar-refractivity contribution in [3.05, 3.63) is 36.0 Å². The molecule has 1 aliphatic heterocycles. The highest BCUT2D eigenvalue weighted by Crippen LogP contribution is 2.38. The van der Waals surface area contributed by atoms with Crippen LogP contribution in [0.5, 0.6) is 0 Å². The lowest BCUT2D eigenvalue weighted by atomic mass is 10.0. The smallest absolute Gasteiger partial charge is 0.114 e. The summed E-state index contributed by atoms with van der Waals surface area (Å²) in [6, 6.07) is 8.68. The molecule has 0 radical (unpaired) electrons. The van der Waals surface area contributed by atoms with Crippen LogP contribution in [0.3, 0.4) is 0 Å². The van der Waals surface area contributed by atoms with E-state index in [1.807, 2.05) is 0 Å². The summed E-state index contributed by atoms with van der Waals surface area (Å²) in [7, 11) is 2.07. The van der Waals surface area contributed by atoms with Crippen LogP contribution in [0.4, 0.5) is 0 Å². The number of hydrogen-bond donors (Lipinski definition) is 0. The fourth-order valence-electron chi connectivity index (χ4n) is 1.87. The number of fused-ring (bicyclic) bond motifs is 1. The topological polar surface area (TPSA) is 17.5 Å². The predicted octanol–water partition coefficient (Wildman–Crippen LogP) is 2.42. The molecule has 0 amide bonds. The van der Waals surface area contributed by atoms with E-state index in [2.05, 4.69) is 49.0 Å². The Kier molecular flexibility index (Phi) is 1.38. The molecule has 2 heterocycles. The van der Waals surface area contributed by atoms with Gasteiger partial charge in [0, 0.05) is 18.8 Å². The molecule has 1 saturated heterocycles. The van der Waals surface area contributed by atoms with Crippen molar-refractivity contribution in [2.24, 2.45) is 7.05 Å². The lowest BCUT2D eigenvalue weighted by Gasteiger charge is -2.06. The summed E-state index contributed by atoms with van der Waals surface area (Å²) in [5, 5.41) is 1.29. The molecule has 2 aromatic rings. The zero-order valence-corrected chi connectivity index (χ0v) is 8.45. The van der Waals surface area contributed by atoms with Crippen LogP contribution in [0, 0.1) is 0 Å². The third-order valence-electron chi connectivity index (χ3n) is 3.08. The molecule has 1 aromatic heterocycles. The summed E-state index contributed by atoms with van der Waals surface area (Å²) in [5.41, 5.74) is 2.55. The maximum atomic E-state index is 5.44. The van der Waals surface area contributed by atoms with Gasteiger partial charge in [-0.3, -0.25) is 0 Å². The minimum atomic E-state index is -0.0154. The number of hydrogen-bond acceptors (Lipinski definition) is 1. The largest absolute Gasteiger partial charge is 0.365 e. The highest BCUT2D eigenvalue weighted by molar-refractivity contribution is 5.81. The van der Waals surface area contributed by atoms with Crippen molar-refractivity contribution >= 4 is 10.9 Å². The van der Waals surface area contributed by atoms with E-state index in [1.165, 1.54) is 16.5 Å². The van der Waals surface area contributed by atoms with Crippen molar-refractivity contribution in [1.29, 1.82) is 0 Å². The van der Waals surface area contributed by atoms with E-state index < -0.39 is 0 Å². The van der Waals surface area contributed by atoms with Crippen LogP contribution in [-0.2, 0) is 17.4 Å². The normalized spacial score (nSPS) is 25.6. The molecule has 1 atom stereocenters. The third-order valence-corrected chi connectivity index (χ3v) is 3.08. The molecule has 0 bridgehead atoms. The van der Waals surface area contributed by atoms with Gasteiger partial charge in [-0.05, 0) is 30.0 Å². The maximum absolute atomic E-state index is 5.44. The molecule has 0 spiro atoms. The first kappa shape index (κ1) is 8.06. The molecule has 0 aliphatic carbocycles. The molecular formula is C12H13NO. The van der Waals surface area contributed by atoms with Gasteiger partial charge in [0.15, 0.2) is 0 Å². The van der Waals surface area contributed by atoms with Crippen molar-refractivity contribution in [3.63, 3.8) is 0 Å². The quantitative estimate of drug-likeness (QED) is 0.627. The van der Waals surface area contributed by atoms with Crippen molar-refractivity contribution in [1.82, 2.24) is 4.57 Å². The van der Waals surface area contributed by atoms with Crippen LogP contribution in [0.15, 0.2) is 30.5 Å². The molecule has 72 valence electrons. The second-order valence-electron chi connectivity index (χ2n) is 4.22. The Morgan fingerprint density at radius 2 is 2.14 bits per heavy atom. The van der Waals surface area contributed by atoms with Gasteiger partial charge in [-0.1, -0.05) is 12.1 Å². The Labute approximate surface area is 83.1 Å². The minimum Gasteiger partial charge on any atom is -0.365 e. The Morgan fingerprint density at radius 3 is 2.86 bits per heavy atom. The van der Waals surface area contributed by atoms with Crippen LogP contribution in [0.2, 0.25) is 0 Å². The second-order valence-corrected chi connectivity index (χ2v) is 4.22. The van der Waals surface area contributed by atoms with E-state index in [-0.39, 0.29) is 5.60 Å². The van der Waals surface area contributed by atoms with Gasteiger partial charge in [0.05, 0.1) is 6.61 Å². The van der Waals surface area contributed by atoms with Crippen LogP contribution in [-0.4, -0.2) is 11.2 Å². The first-order chi connectivity index (χ1) is 6.69. The number of rotatable bonds is 1. The van der Waals surface area contributed by atoms with Gasteiger partial charge >= 0.3 is 0 Å². The van der Waals surface area contributed by atoms with Crippen LogP contribution < -0.4 is 0 Å². The van der Waals surface area contributed by atoms with E-state index in [1.54, 1.807) is 0 Å². The van der Waals surface area contributed by atoms with Crippen molar-refractivity contribution in [2.45, 2.75) is 12.5 Å². The van der Waals surface area contributed by atoms with Crippen molar-refractivity contribution in [3.8, 4) is 0 Å². The molecule has 1 aliphatic rings. The maximum Gasteiger partial charge on any atom is 0.114 e. The van der Waals surface area contributed by atoms with Gasteiger partial charge in [-0.2, -0.15) is 0 Å². The number of benzene rings is 1. The number of nitrogens with zero attached hydrogens (tertiary/aromatic N) is 1. The fraction of sp³-hybridized carbons (Fsp3) is 0.333. The summed E-state index contributed by atoms with van der Waals surface area (Å²) in [6.07, 6.45) is 2.09. The molecule has 1 aromatic carbocycles. The van der Waals surface area contributed by atoms with Gasteiger partial charge < -0.3 is 9.30 Å². The highest BCUT2D eigenvalue weighted by atomic mass is 16.6. The average Bonchev–Trinajstić information content (AvgIpc) is 2.84. The second kappa shape index (κ2) is 2.39. The Hall–Kier alpha value is -1.28. The highest BCUT2D eigenvalue weighted by Gasteiger charge is 2.41. The molecule has 1 unspecified atom stereocenters. The SMILES string of the molecule is Cn1ccc2ccc(C3(C)CO3)cc21. The van der Waals surface area contributed by atoms with E-state index >= 15 is 0 Å². The molecular weight excluding hydrogens is 174 g/mol. The van der Waals surface area contributed by atoms with E-state index in [0.717, 1.165) is 6.61 Å². The first-order valence-electron chi connectivity index (χ1n) is 4.89. The lowest BCUT2D eigenvalue weighted by molar-refractivity contribution is 0.329. The predicted molar refractivity (Wildman–Crippen MR) is 56.2 cm³/mol. The summed E-state index contributed by atoms with van der Waals surface area (Å²) in [5.74, 6) is 0. The van der Waals surface area contributed by atoms with Gasteiger partial charge in [0.1, 0.15) is 5.60 Å². The molecule has 2 nitrogen and oxygen atoms in total. The standard InChI is InChI=1S/C12H13NO/c1-12(8-14-12)10-4-3-9-5-6-13(2)11(9)7-10/h3-7H,8H2,1-2H3. The zero-order chi connectivity index (χ0) is 9.76. The Bertz CT molecular complexity index is 494. The third kappa shape index (κ3) is 1.01. The van der Waals surface area contributed by atoms with E-state index in [0.29, 0.717) is 0 Å². The summed E-state index contributed by atoms with van der Waals surface area (Å²) < 4.78 is 7.58. The van der Waals surface area contributed by atoms with E-state index in [4.69, 9.17) is 4.74 Å². The van der Waals surface area contributed by atoms with Crippen molar-refractivity contribution < 1.29 is 4.74 Å². The van der Waals surface area contributed by atoms with Gasteiger partial charge in [0.2, 0.25) is 0 Å². The summed E-state index contributed by atoms with van der Waals surface area (Å²) in [4.78, 5) is 0. The van der Waals surface area contributed by atoms with E-state index in [9.17, 15) is 0 Å². The Morgan fingerprint density at radius 1 is 1.36 bits per heavy atom. The number of ether oxygens (including phenoxy) is 1. The summed E-state index contributed by atoms with van der Waals surface area (Å²) in [6.45, 7) is 2.99. The Balaban J connectivity index is 2.23. The van der Waals surface area contributed by atoms with Gasteiger partial charge in [-0.15, -0.1) is 0 Å². The number of epoxide rings is 1. The molecule has 0 N–H and O–H groups in total. The molecule has 3 rings (SSSR count). The minimum absolute atomic E-state index is 0.0154. The van der Waals surface area contributed by atoms with Crippen molar-refractivity contribution in [2.75, 3.05) is 6.61 Å². The van der Waals surface area contributed by atoms with Crippen LogP contribution >= 0.6 is 0 Å². The molecule has 2 heteroatoms. The van der Waals surface area contributed by atoms with Crippen LogP contribution in [0.1, 0.15) is 12.5 Å². The first-order valence-corrected chi connectivity index (χ1v) is 4.89. The average molecular weight is 187 g/mol. The molecule has 1 fully saturated rings. The lowest BCUT2D eigenvalue weighted by Crippen LogP contribution is -2.01. The zero-order valence-electron chi connectivity index (χ0n) is 8.45. The molecule has 0 saturated carbocycles.